The maximum Gasteiger partial charge on any atom is 0.333 e. The first-order chi connectivity index (χ1) is 16.4. The summed E-state index contributed by atoms with van der Waals surface area (Å²) in [5, 5.41) is 19.9. The molecule has 3 rings (SSSR count). The molecule has 1 amide bonds. The zero-order chi connectivity index (χ0) is 24.3. The summed E-state index contributed by atoms with van der Waals surface area (Å²) in [4.78, 5) is 23.8. The van der Waals surface area contributed by atoms with Crippen LogP contribution in [0.1, 0.15) is 22.8 Å². The van der Waals surface area contributed by atoms with Crippen molar-refractivity contribution in [3.63, 3.8) is 0 Å². The van der Waals surface area contributed by atoms with Crippen molar-refractivity contribution in [3.05, 3.63) is 96.1 Å². The fourth-order valence-electron chi connectivity index (χ4n) is 2.65. The zero-order valence-electron chi connectivity index (χ0n) is 18.5. The Labute approximate surface area is 197 Å². The summed E-state index contributed by atoms with van der Waals surface area (Å²) in [6, 6.07) is 22.4. The number of hydrogen-bond acceptors (Lipinski definition) is 7. The van der Waals surface area contributed by atoms with Gasteiger partial charge in [-0.3, -0.25) is 4.79 Å². The van der Waals surface area contributed by atoms with Gasteiger partial charge in [-0.1, -0.05) is 6.58 Å². The Kier molecular flexibility index (Phi) is 8.25. The van der Waals surface area contributed by atoms with E-state index in [1.165, 1.54) is 0 Å². The van der Waals surface area contributed by atoms with Crippen molar-refractivity contribution >= 4 is 28.9 Å². The van der Waals surface area contributed by atoms with Crippen molar-refractivity contribution in [1.29, 1.82) is 5.26 Å². The average Bonchev–Trinajstić information content (AvgIpc) is 2.86. The maximum absolute atomic E-state index is 12.5. The highest BCUT2D eigenvalue weighted by atomic mass is 16.6. The molecule has 0 aromatic heterocycles. The standard InChI is InChI=1S/C26H22N4O4/c1-18(2)26(32)34-16-15-33-24-13-5-20(6-14-24)25(31)28-21-9-11-23(12-10-21)30-29-22-7-3-19(17-27)4-8-22/h3-14H,1,15-16H2,2H3,(H,28,31)/b30-29+. The highest BCUT2D eigenvalue weighted by Crippen LogP contribution is 2.21. The Morgan fingerprint density at radius 3 is 2.06 bits per heavy atom. The van der Waals surface area contributed by atoms with Crippen LogP contribution in [0.4, 0.5) is 17.1 Å². The normalized spacial score (nSPS) is 10.4. The van der Waals surface area contributed by atoms with E-state index < -0.39 is 5.97 Å². The summed E-state index contributed by atoms with van der Waals surface area (Å²) in [5.41, 5.74) is 3.22. The Hall–Kier alpha value is -4.77. The molecule has 0 atom stereocenters. The number of rotatable bonds is 9. The molecule has 0 bridgehead atoms. The van der Waals surface area contributed by atoms with Crippen LogP contribution in [0, 0.1) is 11.3 Å². The first kappa shape index (κ1) is 23.9. The summed E-state index contributed by atoms with van der Waals surface area (Å²) < 4.78 is 10.5. The lowest BCUT2D eigenvalue weighted by molar-refractivity contribution is -0.139. The van der Waals surface area contributed by atoms with Crippen molar-refractivity contribution in [1.82, 2.24) is 0 Å². The largest absolute Gasteiger partial charge is 0.490 e. The number of nitrogens with one attached hydrogen (secondary N) is 1. The molecule has 0 saturated heterocycles. The molecule has 0 saturated carbocycles. The Balaban J connectivity index is 1.49. The molecule has 0 heterocycles. The third-order valence-electron chi connectivity index (χ3n) is 4.45. The molecule has 3 aromatic carbocycles. The van der Waals surface area contributed by atoms with Crippen molar-refractivity contribution in [3.8, 4) is 11.8 Å². The van der Waals surface area contributed by atoms with Crippen LogP contribution >= 0.6 is 0 Å². The molecule has 0 aliphatic rings. The SMILES string of the molecule is C=C(C)C(=O)OCCOc1ccc(C(=O)Nc2ccc(/N=N/c3ccc(C#N)cc3)cc2)cc1. The molecular formula is C26H22N4O4. The summed E-state index contributed by atoms with van der Waals surface area (Å²) in [6.45, 7) is 5.38. The number of esters is 1. The number of anilines is 1. The van der Waals surface area contributed by atoms with Crippen LogP contribution in [0.2, 0.25) is 0 Å². The summed E-state index contributed by atoms with van der Waals surface area (Å²) in [7, 11) is 0. The predicted molar refractivity (Wildman–Crippen MR) is 127 cm³/mol. The van der Waals surface area contributed by atoms with Gasteiger partial charge >= 0.3 is 5.97 Å². The van der Waals surface area contributed by atoms with Crippen LogP contribution < -0.4 is 10.1 Å². The number of carbonyl (C=O) groups is 2. The molecule has 0 aliphatic carbocycles. The smallest absolute Gasteiger partial charge is 0.333 e. The van der Waals surface area contributed by atoms with E-state index in [1.54, 1.807) is 79.7 Å². The minimum atomic E-state index is -0.460. The minimum Gasteiger partial charge on any atom is -0.490 e. The number of azo groups is 1. The van der Waals surface area contributed by atoms with Gasteiger partial charge in [0.1, 0.15) is 19.0 Å². The average molecular weight is 454 g/mol. The van der Waals surface area contributed by atoms with Gasteiger partial charge in [0.25, 0.3) is 5.91 Å². The molecule has 1 N–H and O–H groups in total. The van der Waals surface area contributed by atoms with Crippen LogP contribution in [-0.4, -0.2) is 25.1 Å². The van der Waals surface area contributed by atoms with Gasteiger partial charge in [0, 0.05) is 16.8 Å². The Morgan fingerprint density at radius 1 is 0.912 bits per heavy atom. The lowest BCUT2D eigenvalue weighted by atomic mass is 10.2. The fraction of sp³-hybridized carbons (Fsp3) is 0.115. The van der Waals surface area contributed by atoms with Crippen molar-refractivity contribution < 1.29 is 19.1 Å². The molecule has 0 aliphatic heterocycles. The topological polar surface area (TPSA) is 113 Å². The van der Waals surface area contributed by atoms with Crippen molar-refractivity contribution in [2.45, 2.75) is 6.92 Å². The molecule has 0 spiro atoms. The van der Waals surface area contributed by atoms with E-state index in [2.05, 4.69) is 28.2 Å². The van der Waals surface area contributed by atoms with Gasteiger partial charge in [0.15, 0.2) is 0 Å². The molecule has 8 heteroatoms. The van der Waals surface area contributed by atoms with E-state index in [4.69, 9.17) is 14.7 Å². The lowest BCUT2D eigenvalue weighted by Gasteiger charge is -2.09. The molecule has 34 heavy (non-hydrogen) atoms. The Bertz CT molecular complexity index is 1230. The predicted octanol–water partition coefficient (Wildman–Crippen LogP) is 5.72. The van der Waals surface area contributed by atoms with E-state index >= 15 is 0 Å². The summed E-state index contributed by atoms with van der Waals surface area (Å²) in [5.74, 6) is -0.174. The lowest BCUT2D eigenvalue weighted by Crippen LogP contribution is -2.13. The van der Waals surface area contributed by atoms with Gasteiger partial charge in [-0.05, 0) is 79.7 Å². The van der Waals surface area contributed by atoms with E-state index in [9.17, 15) is 9.59 Å². The number of amides is 1. The van der Waals surface area contributed by atoms with Crippen LogP contribution in [0.3, 0.4) is 0 Å². The van der Waals surface area contributed by atoms with Gasteiger partial charge < -0.3 is 14.8 Å². The minimum absolute atomic E-state index is 0.108. The number of benzene rings is 3. The highest BCUT2D eigenvalue weighted by Gasteiger charge is 2.07. The second-order valence-electron chi connectivity index (χ2n) is 7.15. The zero-order valence-corrected chi connectivity index (χ0v) is 18.5. The molecular weight excluding hydrogens is 432 g/mol. The number of nitriles is 1. The number of carbonyl (C=O) groups excluding carboxylic acids is 2. The van der Waals surface area contributed by atoms with Gasteiger partial charge in [-0.25, -0.2) is 4.79 Å². The van der Waals surface area contributed by atoms with Crippen LogP contribution in [0.25, 0.3) is 0 Å². The fourth-order valence-corrected chi connectivity index (χ4v) is 2.65. The quantitative estimate of drug-likeness (QED) is 0.192. The number of ether oxygens (including phenoxy) is 2. The third-order valence-corrected chi connectivity index (χ3v) is 4.45. The first-order valence-electron chi connectivity index (χ1n) is 10.3. The monoisotopic (exact) mass is 454 g/mol. The van der Waals surface area contributed by atoms with Gasteiger partial charge in [-0.15, -0.1) is 0 Å². The van der Waals surface area contributed by atoms with Gasteiger partial charge in [0.05, 0.1) is 23.0 Å². The summed E-state index contributed by atoms with van der Waals surface area (Å²) >= 11 is 0. The van der Waals surface area contributed by atoms with E-state index in [0.29, 0.717) is 39.5 Å². The number of hydrogen-bond donors (Lipinski definition) is 1. The second kappa shape index (κ2) is 11.7. The van der Waals surface area contributed by atoms with Crippen LogP contribution in [0.15, 0.2) is 95.2 Å². The molecule has 3 aromatic rings. The molecule has 8 nitrogen and oxygen atoms in total. The maximum atomic E-state index is 12.5. The van der Waals surface area contributed by atoms with Crippen molar-refractivity contribution in [2.75, 3.05) is 18.5 Å². The second-order valence-corrected chi connectivity index (χ2v) is 7.15. The van der Waals surface area contributed by atoms with E-state index in [0.717, 1.165) is 0 Å². The van der Waals surface area contributed by atoms with Crippen LogP contribution in [0.5, 0.6) is 5.75 Å². The highest BCUT2D eigenvalue weighted by molar-refractivity contribution is 6.04. The van der Waals surface area contributed by atoms with E-state index in [-0.39, 0.29) is 19.1 Å². The molecule has 0 fully saturated rings. The number of nitrogens with zero attached hydrogens (tertiary/aromatic N) is 3. The first-order valence-corrected chi connectivity index (χ1v) is 10.3. The van der Waals surface area contributed by atoms with Gasteiger partial charge in [0.2, 0.25) is 0 Å². The van der Waals surface area contributed by atoms with E-state index in [1.807, 2.05) is 0 Å². The molecule has 0 radical (unpaired) electrons. The van der Waals surface area contributed by atoms with Crippen molar-refractivity contribution in [2.24, 2.45) is 10.2 Å². The summed E-state index contributed by atoms with van der Waals surface area (Å²) in [6.07, 6.45) is 0. The van der Waals surface area contributed by atoms with Gasteiger partial charge in [-0.2, -0.15) is 15.5 Å². The Morgan fingerprint density at radius 2 is 1.50 bits per heavy atom. The van der Waals surface area contributed by atoms with Crippen LogP contribution in [-0.2, 0) is 9.53 Å². The molecule has 170 valence electrons. The third kappa shape index (κ3) is 7.14. The molecule has 0 unspecified atom stereocenters.